The Morgan fingerprint density at radius 3 is 2.56 bits per heavy atom. The highest BCUT2D eigenvalue weighted by molar-refractivity contribution is 5.80. The van der Waals surface area contributed by atoms with E-state index in [4.69, 9.17) is 9.47 Å². The molecule has 0 saturated carbocycles. The number of anilines is 1. The molecule has 2 saturated heterocycles. The van der Waals surface area contributed by atoms with Gasteiger partial charge in [-0.05, 0) is 32.3 Å². The van der Waals surface area contributed by atoms with Crippen LogP contribution in [0.1, 0.15) is 49.4 Å². The van der Waals surface area contributed by atoms with Crippen molar-refractivity contribution in [3.05, 3.63) is 35.4 Å². The van der Waals surface area contributed by atoms with Gasteiger partial charge in [0.15, 0.2) is 6.23 Å². The van der Waals surface area contributed by atoms with Gasteiger partial charge < -0.3 is 24.2 Å². The number of aromatic nitrogens is 3. The third-order valence-corrected chi connectivity index (χ3v) is 7.55. The Bertz CT molecular complexity index is 1130. The van der Waals surface area contributed by atoms with E-state index in [1.807, 2.05) is 22.9 Å². The predicted molar refractivity (Wildman–Crippen MR) is 133 cm³/mol. The summed E-state index contributed by atoms with van der Waals surface area (Å²) < 4.78 is 11.7. The molecular weight excluding hydrogens is 460 g/mol. The van der Waals surface area contributed by atoms with E-state index in [1.165, 1.54) is 0 Å². The van der Waals surface area contributed by atoms with E-state index >= 15 is 0 Å². The topological polar surface area (TPSA) is 101 Å². The van der Waals surface area contributed by atoms with E-state index in [1.54, 1.807) is 20.4 Å². The number of piperidine rings is 1. The van der Waals surface area contributed by atoms with Crippen molar-refractivity contribution in [2.24, 2.45) is 5.92 Å². The van der Waals surface area contributed by atoms with Gasteiger partial charge in [-0.2, -0.15) is 0 Å². The number of pyridine rings is 1. The SMILES string of the molecule is COc1ncc(N2CCc3ncnc(O[C@H]4CCCN4C(=O)C4CCN(C(C)=O)CC4)c3C2)cc1C. The van der Waals surface area contributed by atoms with Crippen LogP contribution in [-0.4, -0.2) is 76.1 Å². The van der Waals surface area contributed by atoms with Gasteiger partial charge in [-0.15, -0.1) is 0 Å². The lowest BCUT2D eigenvalue weighted by molar-refractivity contribution is -0.144. The van der Waals surface area contributed by atoms with Crippen molar-refractivity contribution >= 4 is 17.5 Å². The lowest BCUT2D eigenvalue weighted by atomic mass is 9.95. The van der Waals surface area contributed by atoms with Gasteiger partial charge in [0.25, 0.3) is 0 Å². The quantitative estimate of drug-likeness (QED) is 0.624. The van der Waals surface area contributed by atoms with Crippen LogP contribution in [0.3, 0.4) is 0 Å². The summed E-state index contributed by atoms with van der Waals surface area (Å²) in [7, 11) is 1.62. The maximum absolute atomic E-state index is 13.4. The standard InChI is InChI=1S/C26H34N6O4/c1-17-13-20(14-27-24(17)35-3)31-12-8-22-21(15-31)25(29-16-28-22)36-23-5-4-9-32(23)26(34)19-6-10-30(11-7-19)18(2)33/h13-14,16,19,23H,4-12,15H2,1-3H3/t23-/m0/s1. The largest absolute Gasteiger partial charge is 0.481 e. The van der Waals surface area contributed by atoms with Crippen LogP contribution in [0.2, 0.25) is 0 Å². The van der Waals surface area contributed by atoms with Gasteiger partial charge in [-0.25, -0.2) is 15.0 Å². The van der Waals surface area contributed by atoms with Crippen LogP contribution in [0, 0.1) is 12.8 Å². The minimum Gasteiger partial charge on any atom is -0.481 e. The van der Waals surface area contributed by atoms with Gasteiger partial charge in [0.1, 0.15) is 6.33 Å². The first kappa shape index (κ1) is 24.3. The minimum atomic E-state index is -0.331. The minimum absolute atomic E-state index is 0.0644. The number of fused-ring (bicyclic) bond motifs is 1. The zero-order chi connectivity index (χ0) is 25.2. The summed E-state index contributed by atoms with van der Waals surface area (Å²) in [6, 6.07) is 2.08. The highest BCUT2D eigenvalue weighted by Crippen LogP contribution is 2.32. The van der Waals surface area contributed by atoms with Crippen LogP contribution in [0.15, 0.2) is 18.6 Å². The van der Waals surface area contributed by atoms with E-state index in [0.29, 0.717) is 50.8 Å². The van der Waals surface area contributed by atoms with Gasteiger partial charge in [-0.3, -0.25) is 9.59 Å². The smallest absolute Gasteiger partial charge is 0.228 e. The van der Waals surface area contributed by atoms with E-state index in [2.05, 4.69) is 25.9 Å². The molecule has 3 aliphatic rings. The van der Waals surface area contributed by atoms with Gasteiger partial charge in [0.2, 0.25) is 23.6 Å². The third kappa shape index (κ3) is 4.81. The molecule has 0 N–H and O–H groups in total. The van der Waals surface area contributed by atoms with Crippen molar-refractivity contribution in [1.29, 1.82) is 0 Å². The second-order valence-electron chi connectivity index (χ2n) is 9.82. The summed E-state index contributed by atoms with van der Waals surface area (Å²) in [5, 5.41) is 0. The average molecular weight is 495 g/mol. The van der Waals surface area contributed by atoms with Crippen LogP contribution in [0.4, 0.5) is 5.69 Å². The normalized spacial score (nSPS) is 20.3. The zero-order valence-corrected chi connectivity index (χ0v) is 21.3. The number of aryl methyl sites for hydroxylation is 1. The Hall–Kier alpha value is -3.43. The van der Waals surface area contributed by atoms with Crippen molar-refractivity contribution < 1.29 is 19.1 Å². The number of ether oxygens (including phenoxy) is 2. The molecule has 2 aromatic rings. The summed E-state index contributed by atoms with van der Waals surface area (Å²) in [5.74, 6) is 1.32. The summed E-state index contributed by atoms with van der Waals surface area (Å²) >= 11 is 0. The molecule has 2 aromatic heterocycles. The summed E-state index contributed by atoms with van der Waals surface area (Å²) in [4.78, 5) is 44.4. The molecule has 192 valence electrons. The van der Waals surface area contributed by atoms with Gasteiger partial charge in [0.05, 0.1) is 36.8 Å². The Balaban J connectivity index is 1.29. The highest BCUT2D eigenvalue weighted by atomic mass is 16.5. The van der Waals surface area contributed by atoms with Gasteiger partial charge in [-0.1, -0.05) is 0 Å². The zero-order valence-electron chi connectivity index (χ0n) is 21.3. The molecule has 0 bridgehead atoms. The van der Waals surface area contributed by atoms with E-state index in [0.717, 1.165) is 48.3 Å². The first-order valence-corrected chi connectivity index (χ1v) is 12.8. The third-order valence-electron chi connectivity index (χ3n) is 7.55. The fraction of sp³-hybridized carbons (Fsp3) is 0.577. The van der Waals surface area contributed by atoms with E-state index in [-0.39, 0.29) is 24.0 Å². The molecule has 2 fully saturated rings. The molecule has 1 atom stereocenters. The van der Waals surface area contributed by atoms with Crippen LogP contribution < -0.4 is 14.4 Å². The Labute approximate surface area is 211 Å². The molecule has 0 unspecified atom stereocenters. The van der Waals surface area contributed by atoms with E-state index in [9.17, 15) is 9.59 Å². The number of amides is 2. The molecule has 2 amide bonds. The monoisotopic (exact) mass is 494 g/mol. The van der Waals surface area contributed by atoms with Crippen molar-refractivity contribution in [2.45, 2.75) is 58.7 Å². The fourth-order valence-corrected chi connectivity index (χ4v) is 5.49. The van der Waals surface area contributed by atoms with Crippen molar-refractivity contribution in [1.82, 2.24) is 24.8 Å². The molecule has 0 aromatic carbocycles. The maximum atomic E-state index is 13.4. The second-order valence-corrected chi connectivity index (χ2v) is 9.82. The Morgan fingerprint density at radius 2 is 1.83 bits per heavy atom. The number of nitrogens with zero attached hydrogens (tertiary/aromatic N) is 6. The lowest BCUT2D eigenvalue weighted by Crippen LogP contribution is -2.46. The fourth-order valence-electron chi connectivity index (χ4n) is 5.49. The van der Waals surface area contributed by atoms with Gasteiger partial charge in [0, 0.05) is 57.4 Å². The number of carbonyl (C=O) groups excluding carboxylic acids is 2. The molecule has 0 aliphatic carbocycles. The number of methoxy groups -OCH3 is 1. The molecule has 0 spiro atoms. The average Bonchev–Trinajstić information content (AvgIpc) is 3.36. The van der Waals surface area contributed by atoms with Crippen molar-refractivity contribution in [3.8, 4) is 11.8 Å². The van der Waals surface area contributed by atoms with Crippen LogP contribution in [0.5, 0.6) is 11.8 Å². The van der Waals surface area contributed by atoms with Crippen LogP contribution in [0.25, 0.3) is 0 Å². The predicted octanol–water partition coefficient (Wildman–Crippen LogP) is 2.34. The highest BCUT2D eigenvalue weighted by Gasteiger charge is 2.37. The first-order chi connectivity index (χ1) is 17.4. The molecule has 10 heteroatoms. The van der Waals surface area contributed by atoms with Crippen molar-refractivity contribution in [3.63, 3.8) is 0 Å². The number of carbonyl (C=O) groups is 2. The van der Waals surface area contributed by atoms with Crippen molar-refractivity contribution in [2.75, 3.05) is 38.2 Å². The first-order valence-electron chi connectivity index (χ1n) is 12.8. The maximum Gasteiger partial charge on any atom is 0.228 e. The number of hydrogen-bond acceptors (Lipinski definition) is 8. The molecule has 5 rings (SSSR count). The molecule has 10 nitrogen and oxygen atoms in total. The Kier molecular flexibility index (Phi) is 6.93. The summed E-state index contributed by atoms with van der Waals surface area (Å²) in [5.41, 5.74) is 3.95. The van der Waals surface area contributed by atoms with Crippen LogP contribution in [-0.2, 0) is 22.6 Å². The Morgan fingerprint density at radius 1 is 1.03 bits per heavy atom. The second kappa shape index (κ2) is 10.3. The number of rotatable bonds is 5. The molecule has 5 heterocycles. The molecule has 3 aliphatic heterocycles. The van der Waals surface area contributed by atoms with Gasteiger partial charge >= 0.3 is 0 Å². The molecular formula is C26H34N6O4. The summed E-state index contributed by atoms with van der Waals surface area (Å²) in [6.07, 6.45) is 6.92. The van der Waals surface area contributed by atoms with E-state index < -0.39 is 0 Å². The summed E-state index contributed by atoms with van der Waals surface area (Å²) in [6.45, 7) is 6.97. The molecule has 36 heavy (non-hydrogen) atoms. The van der Waals surface area contributed by atoms with Crippen LogP contribution >= 0.6 is 0 Å². The number of hydrogen-bond donors (Lipinski definition) is 0. The molecule has 0 radical (unpaired) electrons. The lowest BCUT2D eigenvalue weighted by Gasteiger charge is -2.35. The number of likely N-dealkylation sites (tertiary alicyclic amines) is 2.